The van der Waals surface area contributed by atoms with Crippen LogP contribution in [0, 0.1) is 0 Å². The van der Waals surface area contributed by atoms with E-state index < -0.39 is 0 Å². The van der Waals surface area contributed by atoms with Crippen molar-refractivity contribution in [2.45, 2.75) is 18.9 Å². The maximum absolute atomic E-state index is 12.9. The van der Waals surface area contributed by atoms with Crippen LogP contribution in [0.1, 0.15) is 29.2 Å². The molecule has 0 saturated carbocycles. The van der Waals surface area contributed by atoms with E-state index in [9.17, 15) is 4.79 Å². The van der Waals surface area contributed by atoms with Gasteiger partial charge in [-0.2, -0.15) is 0 Å². The number of pyridine rings is 1. The zero-order chi connectivity index (χ0) is 21.6. The highest BCUT2D eigenvalue weighted by atomic mass is 16.5. The number of hydrogen-bond donors (Lipinski definition) is 2. The summed E-state index contributed by atoms with van der Waals surface area (Å²) < 4.78 is 10.9. The van der Waals surface area contributed by atoms with E-state index >= 15 is 0 Å². The predicted octanol–water partition coefficient (Wildman–Crippen LogP) is 4.42. The molecule has 1 unspecified atom stereocenters. The topological polar surface area (TPSA) is 76.2 Å². The number of aromatic nitrogens is 2. The molecule has 31 heavy (non-hydrogen) atoms. The molecule has 2 N–H and O–H groups in total. The van der Waals surface area contributed by atoms with Gasteiger partial charge in [0.15, 0.2) is 0 Å². The molecule has 0 radical (unpaired) electrons. The highest BCUT2D eigenvalue weighted by Crippen LogP contribution is 2.36. The number of carbonyl (C=O) groups is 1. The zero-order valence-corrected chi connectivity index (χ0v) is 17.6. The van der Waals surface area contributed by atoms with E-state index in [0.717, 1.165) is 27.7 Å². The molecule has 0 aliphatic carbocycles. The van der Waals surface area contributed by atoms with Crippen LogP contribution in [0.3, 0.4) is 0 Å². The molecule has 0 aliphatic heterocycles. The van der Waals surface area contributed by atoms with Crippen molar-refractivity contribution in [3.8, 4) is 11.5 Å². The number of methoxy groups -OCH3 is 2. The molecule has 2 heterocycles. The third kappa shape index (κ3) is 4.69. The van der Waals surface area contributed by atoms with Crippen LogP contribution in [0.15, 0.2) is 73.1 Å². The molecule has 4 rings (SSSR count). The summed E-state index contributed by atoms with van der Waals surface area (Å²) in [5.74, 6) is 1.15. The van der Waals surface area contributed by atoms with Gasteiger partial charge in [-0.25, -0.2) is 0 Å². The van der Waals surface area contributed by atoms with E-state index in [0.29, 0.717) is 18.0 Å². The Balaban J connectivity index is 1.67. The third-order valence-electron chi connectivity index (χ3n) is 5.36. The van der Waals surface area contributed by atoms with Gasteiger partial charge in [0, 0.05) is 41.7 Å². The average molecular weight is 415 g/mol. The van der Waals surface area contributed by atoms with Crippen molar-refractivity contribution in [2.75, 3.05) is 14.2 Å². The number of nitrogens with zero attached hydrogens (tertiary/aromatic N) is 1. The van der Waals surface area contributed by atoms with Gasteiger partial charge in [-0.1, -0.05) is 24.3 Å². The van der Waals surface area contributed by atoms with Crippen LogP contribution in [0.4, 0.5) is 0 Å². The summed E-state index contributed by atoms with van der Waals surface area (Å²) in [7, 11) is 3.25. The number of carbonyl (C=O) groups excluding carboxylic acids is 1. The maximum Gasteiger partial charge on any atom is 0.221 e. The standard InChI is InChI=1S/C25H25N3O3/c1-30-19-11-17(12-20(13-19)31-2)22(23-16-27-24-9-4-3-8-21(23)24)14-25(29)28-15-18-7-5-6-10-26-18/h3-13,16,22,27H,14-15H2,1-2H3,(H,28,29). The lowest BCUT2D eigenvalue weighted by Crippen LogP contribution is -2.25. The molecule has 2 aromatic carbocycles. The first-order chi connectivity index (χ1) is 15.2. The molecule has 4 aromatic rings. The smallest absolute Gasteiger partial charge is 0.221 e. The number of fused-ring (bicyclic) bond motifs is 1. The second-order valence-corrected chi connectivity index (χ2v) is 7.29. The Hall–Kier alpha value is -3.80. The minimum absolute atomic E-state index is 0.0530. The second kappa shape index (κ2) is 9.34. The summed E-state index contributed by atoms with van der Waals surface area (Å²) in [5, 5.41) is 4.08. The number of hydrogen-bond acceptors (Lipinski definition) is 4. The predicted molar refractivity (Wildman–Crippen MR) is 120 cm³/mol. The van der Waals surface area contributed by atoms with Crippen molar-refractivity contribution in [1.82, 2.24) is 15.3 Å². The Kier molecular flexibility index (Phi) is 6.17. The SMILES string of the molecule is COc1cc(OC)cc(C(CC(=O)NCc2ccccn2)c2c[nH]c3ccccc23)c1. The highest BCUT2D eigenvalue weighted by Gasteiger charge is 2.23. The summed E-state index contributed by atoms with van der Waals surface area (Å²) in [4.78, 5) is 20.5. The van der Waals surface area contributed by atoms with E-state index in [4.69, 9.17) is 9.47 Å². The monoisotopic (exact) mass is 415 g/mol. The molecule has 2 aromatic heterocycles. The first kappa shape index (κ1) is 20.5. The van der Waals surface area contributed by atoms with Gasteiger partial charge in [-0.05, 0) is 41.5 Å². The molecular weight excluding hydrogens is 390 g/mol. The number of rotatable bonds is 8. The number of para-hydroxylation sites is 1. The van der Waals surface area contributed by atoms with Crippen LogP contribution in [0.5, 0.6) is 11.5 Å². The van der Waals surface area contributed by atoms with Gasteiger partial charge in [0.2, 0.25) is 5.91 Å². The van der Waals surface area contributed by atoms with Crippen molar-refractivity contribution >= 4 is 16.8 Å². The summed E-state index contributed by atoms with van der Waals surface area (Å²) in [5.41, 5.74) is 3.86. The number of amides is 1. The molecule has 0 aliphatic rings. The van der Waals surface area contributed by atoms with E-state index in [1.54, 1.807) is 20.4 Å². The van der Waals surface area contributed by atoms with Gasteiger partial charge in [0.1, 0.15) is 11.5 Å². The van der Waals surface area contributed by atoms with E-state index in [-0.39, 0.29) is 18.2 Å². The third-order valence-corrected chi connectivity index (χ3v) is 5.36. The highest BCUT2D eigenvalue weighted by molar-refractivity contribution is 5.86. The Morgan fingerprint density at radius 1 is 1.03 bits per heavy atom. The van der Waals surface area contributed by atoms with Crippen LogP contribution in [-0.4, -0.2) is 30.1 Å². The summed E-state index contributed by atoms with van der Waals surface area (Å²) in [6, 6.07) is 19.5. The number of aromatic amines is 1. The van der Waals surface area contributed by atoms with Crippen LogP contribution in [0.2, 0.25) is 0 Å². The lowest BCUT2D eigenvalue weighted by molar-refractivity contribution is -0.121. The Morgan fingerprint density at radius 2 is 1.77 bits per heavy atom. The summed E-state index contributed by atoms with van der Waals surface area (Å²) >= 11 is 0. The Morgan fingerprint density at radius 3 is 2.48 bits per heavy atom. The zero-order valence-electron chi connectivity index (χ0n) is 17.6. The second-order valence-electron chi connectivity index (χ2n) is 7.29. The Bertz CT molecular complexity index is 1150. The lowest BCUT2D eigenvalue weighted by atomic mass is 9.87. The van der Waals surface area contributed by atoms with E-state index in [2.05, 4.69) is 21.4 Å². The molecule has 158 valence electrons. The van der Waals surface area contributed by atoms with Crippen LogP contribution < -0.4 is 14.8 Å². The molecule has 0 bridgehead atoms. The molecule has 6 heteroatoms. The summed E-state index contributed by atoms with van der Waals surface area (Å²) in [6.45, 7) is 0.391. The summed E-state index contributed by atoms with van der Waals surface area (Å²) in [6.07, 6.45) is 3.98. The molecule has 0 spiro atoms. The van der Waals surface area contributed by atoms with Gasteiger partial charge in [0.25, 0.3) is 0 Å². The lowest BCUT2D eigenvalue weighted by Gasteiger charge is -2.19. The van der Waals surface area contributed by atoms with Gasteiger partial charge < -0.3 is 19.8 Å². The first-order valence-corrected chi connectivity index (χ1v) is 10.1. The normalized spacial score (nSPS) is 11.8. The fraction of sp³-hybridized carbons (Fsp3) is 0.200. The number of ether oxygens (including phenoxy) is 2. The van der Waals surface area contributed by atoms with Gasteiger partial charge in [-0.3, -0.25) is 9.78 Å². The minimum Gasteiger partial charge on any atom is -0.497 e. The molecular formula is C25H25N3O3. The fourth-order valence-corrected chi connectivity index (χ4v) is 3.77. The number of benzene rings is 2. The average Bonchev–Trinajstić information content (AvgIpc) is 3.25. The van der Waals surface area contributed by atoms with Crippen molar-refractivity contribution in [3.63, 3.8) is 0 Å². The largest absolute Gasteiger partial charge is 0.497 e. The van der Waals surface area contributed by atoms with Crippen molar-refractivity contribution < 1.29 is 14.3 Å². The van der Waals surface area contributed by atoms with Crippen LogP contribution in [0.25, 0.3) is 10.9 Å². The molecule has 1 atom stereocenters. The number of nitrogens with one attached hydrogen (secondary N) is 2. The van der Waals surface area contributed by atoms with Crippen LogP contribution >= 0.6 is 0 Å². The first-order valence-electron chi connectivity index (χ1n) is 10.1. The molecule has 1 amide bonds. The van der Waals surface area contributed by atoms with Gasteiger partial charge in [0.05, 0.1) is 26.5 Å². The van der Waals surface area contributed by atoms with E-state index in [1.165, 1.54) is 0 Å². The van der Waals surface area contributed by atoms with Gasteiger partial charge in [-0.15, -0.1) is 0 Å². The molecule has 0 fully saturated rings. The minimum atomic E-state index is -0.177. The van der Waals surface area contributed by atoms with Crippen LogP contribution in [-0.2, 0) is 11.3 Å². The molecule has 0 saturated heterocycles. The maximum atomic E-state index is 12.9. The van der Waals surface area contributed by atoms with Crippen molar-refractivity contribution in [1.29, 1.82) is 0 Å². The van der Waals surface area contributed by atoms with Crippen molar-refractivity contribution in [3.05, 3.63) is 89.9 Å². The molecule has 6 nitrogen and oxygen atoms in total. The number of H-pyrrole nitrogens is 1. The Labute approximate surface area is 181 Å². The van der Waals surface area contributed by atoms with E-state index in [1.807, 2.05) is 60.8 Å². The van der Waals surface area contributed by atoms with Crippen molar-refractivity contribution in [2.24, 2.45) is 0 Å². The quantitative estimate of drug-likeness (QED) is 0.447. The van der Waals surface area contributed by atoms with Gasteiger partial charge >= 0.3 is 0 Å². The fourth-order valence-electron chi connectivity index (χ4n) is 3.77.